The quantitative estimate of drug-likeness (QED) is 0.900. The van der Waals surface area contributed by atoms with Crippen molar-refractivity contribution in [1.82, 2.24) is 5.32 Å². The molecule has 1 aliphatic carbocycles. The molecule has 2 heterocycles. The van der Waals surface area contributed by atoms with E-state index < -0.39 is 0 Å². The number of thioether (sulfide) groups is 1. The standard InChI is InChI=1S/C14H21N3OS2/c1-8-7-17(5-6-19-8)14-10(9-3-4-9)11(15)12(20-14)13(18)16-2/h8-9H,3-7,15H2,1-2H3,(H,16,18). The summed E-state index contributed by atoms with van der Waals surface area (Å²) >= 11 is 3.60. The van der Waals surface area contributed by atoms with Gasteiger partial charge in [0, 0.05) is 36.7 Å². The summed E-state index contributed by atoms with van der Waals surface area (Å²) in [7, 11) is 1.66. The Balaban J connectivity index is 1.98. The van der Waals surface area contributed by atoms with E-state index in [0.717, 1.165) is 24.5 Å². The predicted octanol–water partition coefficient (Wildman–Crippen LogP) is 2.51. The maximum absolute atomic E-state index is 12.0. The monoisotopic (exact) mass is 311 g/mol. The van der Waals surface area contributed by atoms with Crippen LogP contribution in [0.5, 0.6) is 0 Å². The molecule has 1 aromatic rings. The average Bonchev–Trinajstić information content (AvgIpc) is 3.21. The molecule has 110 valence electrons. The van der Waals surface area contributed by atoms with Crippen molar-refractivity contribution >= 4 is 39.7 Å². The predicted molar refractivity (Wildman–Crippen MR) is 88.2 cm³/mol. The van der Waals surface area contributed by atoms with Crippen LogP contribution in [0.25, 0.3) is 0 Å². The molecule has 3 N–H and O–H groups in total. The molecule has 1 saturated heterocycles. The molecule has 0 aromatic carbocycles. The van der Waals surface area contributed by atoms with Gasteiger partial charge in [0.1, 0.15) is 4.88 Å². The number of rotatable bonds is 3. The maximum Gasteiger partial charge on any atom is 0.263 e. The number of thiophene rings is 1. The Kier molecular flexibility index (Phi) is 3.86. The van der Waals surface area contributed by atoms with Gasteiger partial charge in [-0.2, -0.15) is 11.8 Å². The van der Waals surface area contributed by atoms with Crippen LogP contribution in [-0.4, -0.2) is 37.0 Å². The van der Waals surface area contributed by atoms with Crippen LogP contribution in [0.3, 0.4) is 0 Å². The number of hydrogen-bond donors (Lipinski definition) is 2. The summed E-state index contributed by atoms with van der Waals surface area (Å²) in [4.78, 5) is 15.1. The van der Waals surface area contributed by atoms with Crippen LogP contribution in [-0.2, 0) is 0 Å². The highest BCUT2D eigenvalue weighted by Crippen LogP contribution is 2.52. The van der Waals surface area contributed by atoms with Gasteiger partial charge in [0.2, 0.25) is 0 Å². The summed E-state index contributed by atoms with van der Waals surface area (Å²) in [5.74, 6) is 1.67. The lowest BCUT2D eigenvalue weighted by Crippen LogP contribution is -2.36. The molecule has 2 fully saturated rings. The number of amides is 1. The van der Waals surface area contributed by atoms with Gasteiger partial charge < -0.3 is 16.0 Å². The molecule has 0 bridgehead atoms. The molecule has 4 nitrogen and oxygen atoms in total. The molecule has 1 saturated carbocycles. The molecular formula is C14H21N3OS2. The zero-order valence-electron chi connectivity index (χ0n) is 11.9. The fourth-order valence-corrected chi connectivity index (χ4v) is 5.03. The van der Waals surface area contributed by atoms with Crippen LogP contribution >= 0.6 is 23.1 Å². The van der Waals surface area contributed by atoms with Crippen LogP contribution < -0.4 is 16.0 Å². The van der Waals surface area contributed by atoms with Crippen LogP contribution in [0.4, 0.5) is 10.7 Å². The summed E-state index contributed by atoms with van der Waals surface area (Å²) in [5.41, 5.74) is 8.24. The van der Waals surface area contributed by atoms with Crippen molar-refractivity contribution in [2.24, 2.45) is 0 Å². The topological polar surface area (TPSA) is 58.4 Å². The van der Waals surface area contributed by atoms with E-state index in [0.29, 0.717) is 16.0 Å². The first-order valence-electron chi connectivity index (χ1n) is 7.12. The van der Waals surface area contributed by atoms with Crippen LogP contribution in [0, 0.1) is 0 Å². The molecule has 1 aliphatic heterocycles. The average molecular weight is 311 g/mol. The third-order valence-electron chi connectivity index (χ3n) is 3.91. The van der Waals surface area contributed by atoms with Crippen molar-refractivity contribution in [3.8, 4) is 0 Å². The highest BCUT2D eigenvalue weighted by Gasteiger charge is 2.35. The highest BCUT2D eigenvalue weighted by atomic mass is 32.2. The van der Waals surface area contributed by atoms with Gasteiger partial charge in [-0.15, -0.1) is 11.3 Å². The summed E-state index contributed by atoms with van der Waals surface area (Å²) in [6.07, 6.45) is 2.42. The Hall–Kier alpha value is -0.880. The largest absolute Gasteiger partial charge is 0.397 e. The number of nitrogens with zero attached hydrogens (tertiary/aromatic N) is 1. The lowest BCUT2D eigenvalue weighted by atomic mass is 10.1. The Labute approximate surface area is 128 Å². The van der Waals surface area contributed by atoms with E-state index in [4.69, 9.17) is 5.73 Å². The number of hydrogen-bond acceptors (Lipinski definition) is 5. The number of nitrogen functional groups attached to an aromatic ring is 1. The minimum absolute atomic E-state index is 0.0555. The van der Waals surface area contributed by atoms with Gasteiger partial charge in [-0.05, 0) is 18.8 Å². The molecule has 0 spiro atoms. The maximum atomic E-state index is 12.0. The summed E-state index contributed by atoms with van der Waals surface area (Å²) in [5, 5.41) is 4.59. The van der Waals surface area contributed by atoms with Gasteiger partial charge in [-0.1, -0.05) is 6.92 Å². The zero-order chi connectivity index (χ0) is 14.3. The van der Waals surface area contributed by atoms with Gasteiger partial charge >= 0.3 is 0 Å². The van der Waals surface area contributed by atoms with Gasteiger partial charge in [0.15, 0.2) is 0 Å². The Bertz CT molecular complexity index is 525. The molecule has 20 heavy (non-hydrogen) atoms. The minimum atomic E-state index is -0.0555. The third-order valence-corrected chi connectivity index (χ3v) is 6.33. The fraction of sp³-hybridized carbons (Fsp3) is 0.643. The number of nitrogens with one attached hydrogen (secondary N) is 1. The summed E-state index contributed by atoms with van der Waals surface area (Å²) < 4.78 is 0. The molecule has 0 radical (unpaired) electrons. The lowest BCUT2D eigenvalue weighted by Gasteiger charge is -2.32. The molecule has 3 rings (SSSR count). The molecule has 1 atom stereocenters. The van der Waals surface area contributed by atoms with Gasteiger partial charge in [-0.3, -0.25) is 4.79 Å². The van der Waals surface area contributed by atoms with Crippen molar-refractivity contribution in [3.63, 3.8) is 0 Å². The van der Waals surface area contributed by atoms with Crippen molar-refractivity contribution in [3.05, 3.63) is 10.4 Å². The van der Waals surface area contributed by atoms with Gasteiger partial charge in [-0.25, -0.2) is 0 Å². The van der Waals surface area contributed by atoms with E-state index in [1.165, 1.54) is 23.4 Å². The number of carbonyl (C=O) groups is 1. The fourth-order valence-electron chi connectivity index (χ4n) is 2.73. The van der Waals surface area contributed by atoms with Crippen LogP contribution in [0.15, 0.2) is 0 Å². The van der Waals surface area contributed by atoms with Crippen molar-refractivity contribution < 1.29 is 4.79 Å². The zero-order valence-corrected chi connectivity index (χ0v) is 13.6. The van der Waals surface area contributed by atoms with Gasteiger partial charge in [0.25, 0.3) is 5.91 Å². The van der Waals surface area contributed by atoms with Crippen LogP contribution in [0.2, 0.25) is 0 Å². The molecule has 2 aliphatic rings. The van der Waals surface area contributed by atoms with Crippen molar-refractivity contribution in [2.75, 3.05) is 36.5 Å². The molecular weight excluding hydrogens is 290 g/mol. The van der Waals surface area contributed by atoms with Crippen LogP contribution in [0.1, 0.15) is 40.9 Å². The first-order chi connectivity index (χ1) is 9.61. The summed E-state index contributed by atoms with van der Waals surface area (Å²) in [6, 6.07) is 0. The second-order valence-electron chi connectivity index (χ2n) is 5.54. The second-order valence-corrected chi connectivity index (χ2v) is 8.09. The van der Waals surface area contributed by atoms with Gasteiger partial charge in [0.05, 0.1) is 10.7 Å². The first-order valence-corrected chi connectivity index (χ1v) is 8.99. The normalized spacial score (nSPS) is 22.9. The third kappa shape index (κ3) is 2.51. The number of carbonyl (C=O) groups excluding carboxylic acids is 1. The highest BCUT2D eigenvalue weighted by molar-refractivity contribution is 8.00. The second kappa shape index (κ2) is 5.48. The number of anilines is 2. The minimum Gasteiger partial charge on any atom is -0.397 e. The number of nitrogens with two attached hydrogens (primary N) is 1. The molecule has 6 heteroatoms. The Morgan fingerprint density at radius 2 is 2.20 bits per heavy atom. The van der Waals surface area contributed by atoms with E-state index in [1.807, 2.05) is 11.8 Å². The molecule has 1 unspecified atom stereocenters. The van der Waals surface area contributed by atoms with Crippen molar-refractivity contribution in [1.29, 1.82) is 0 Å². The molecule has 1 amide bonds. The van der Waals surface area contributed by atoms with E-state index in [1.54, 1.807) is 18.4 Å². The van der Waals surface area contributed by atoms with E-state index >= 15 is 0 Å². The first kappa shape index (κ1) is 14.1. The Morgan fingerprint density at radius 1 is 1.45 bits per heavy atom. The van der Waals surface area contributed by atoms with E-state index in [9.17, 15) is 4.79 Å². The lowest BCUT2D eigenvalue weighted by molar-refractivity contribution is 0.0968. The van der Waals surface area contributed by atoms with E-state index in [2.05, 4.69) is 17.1 Å². The summed E-state index contributed by atoms with van der Waals surface area (Å²) in [6.45, 7) is 4.38. The van der Waals surface area contributed by atoms with Crippen molar-refractivity contribution in [2.45, 2.75) is 30.9 Å². The van der Waals surface area contributed by atoms with E-state index in [-0.39, 0.29) is 5.91 Å². The SMILES string of the molecule is CNC(=O)c1sc(N2CCSC(C)C2)c(C2CC2)c1N. The Morgan fingerprint density at radius 3 is 2.80 bits per heavy atom. The smallest absolute Gasteiger partial charge is 0.263 e. The molecule has 1 aromatic heterocycles.